The van der Waals surface area contributed by atoms with Gasteiger partial charge in [0.05, 0.1) is 5.56 Å². The maximum absolute atomic E-state index is 12.4. The van der Waals surface area contributed by atoms with Crippen LogP contribution in [0, 0.1) is 6.92 Å². The number of benzene rings is 2. The summed E-state index contributed by atoms with van der Waals surface area (Å²) in [6.07, 6.45) is -3.67. The standard InChI is InChI=1S/C16H16F3NO/c1-11-10-14(6-7-15(11)21)20-9-8-12-2-4-13(5-3-12)16(17,18)19/h2-7,10,20-21H,8-9H2,1H3. The molecular weight excluding hydrogens is 279 g/mol. The van der Waals surface area contributed by atoms with Gasteiger partial charge >= 0.3 is 6.18 Å². The van der Waals surface area contributed by atoms with E-state index in [1.165, 1.54) is 12.1 Å². The van der Waals surface area contributed by atoms with Gasteiger partial charge in [0.25, 0.3) is 0 Å². The van der Waals surface area contributed by atoms with Crippen molar-refractivity contribution in [1.82, 2.24) is 0 Å². The fourth-order valence-corrected chi connectivity index (χ4v) is 1.98. The highest BCUT2D eigenvalue weighted by Gasteiger charge is 2.29. The summed E-state index contributed by atoms with van der Waals surface area (Å²) >= 11 is 0. The van der Waals surface area contributed by atoms with Crippen molar-refractivity contribution in [2.24, 2.45) is 0 Å². The van der Waals surface area contributed by atoms with Crippen LogP contribution in [-0.2, 0) is 12.6 Å². The second kappa shape index (κ2) is 6.08. The van der Waals surface area contributed by atoms with Gasteiger partial charge in [-0.15, -0.1) is 0 Å². The Morgan fingerprint density at radius 3 is 2.29 bits per heavy atom. The maximum atomic E-state index is 12.4. The van der Waals surface area contributed by atoms with Crippen LogP contribution in [0.4, 0.5) is 18.9 Å². The molecule has 2 nitrogen and oxygen atoms in total. The lowest BCUT2D eigenvalue weighted by molar-refractivity contribution is -0.137. The molecule has 21 heavy (non-hydrogen) atoms. The number of phenolic OH excluding ortho intramolecular Hbond substituents is 1. The predicted octanol–water partition coefficient (Wildman–Crippen LogP) is 4.37. The van der Waals surface area contributed by atoms with E-state index in [4.69, 9.17) is 0 Å². The number of aryl methyl sites for hydroxylation is 1. The topological polar surface area (TPSA) is 32.3 Å². The van der Waals surface area contributed by atoms with E-state index in [1.54, 1.807) is 19.1 Å². The van der Waals surface area contributed by atoms with Gasteiger partial charge in [0, 0.05) is 12.2 Å². The Hall–Kier alpha value is -2.17. The predicted molar refractivity (Wildman–Crippen MR) is 76.5 cm³/mol. The Labute approximate surface area is 121 Å². The van der Waals surface area contributed by atoms with Crippen molar-refractivity contribution < 1.29 is 18.3 Å². The lowest BCUT2D eigenvalue weighted by Gasteiger charge is -2.10. The average molecular weight is 295 g/mol. The van der Waals surface area contributed by atoms with Crippen molar-refractivity contribution in [3.8, 4) is 5.75 Å². The van der Waals surface area contributed by atoms with E-state index in [-0.39, 0.29) is 5.75 Å². The van der Waals surface area contributed by atoms with Gasteiger partial charge in [-0.1, -0.05) is 12.1 Å². The smallest absolute Gasteiger partial charge is 0.416 e. The Morgan fingerprint density at radius 1 is 1.05 bits per heavy atom. The minimum Gasteiger partial charge on any atom is -0.508 e. The molecule has 0 atom stereocenters. The van der Waals surface area contributed by atoms with E-state index in [0.717, 1.165) is 28.9 Å². The summed E-state index contributed by atoms with van der Waals surface area (Å²) in [5.41, 5.74) is 1.85. The Morgan fingerprint density at radius 2 is 1.71 bits per heavy atom. The fourth-order valence-electron chi connectivity index (χ4n) is 1.98. The quantitative estimate of drug-likeness (QED) is 0.821. The molecule has 0 unspecified atom stereocenters. The SMILES string of the molecule is Cc1cc(NCCc2ccc(C(F)(F)F)cc2)ccc1O. The first-order valence-corrected chi connectivity index (χ1v) is 6.56. The molecule has 112 valence electrons. The fraction of sp³-hybridized carbons (Fsp3) is 0.250. The highest BCUT2D eigenvalue weighted by molar-refractivity contribution is 5.50. The maximum Gasteiger partial charge on any atom is 0.416 e. The number of alkyl halides is 3. The second-order valence-electron chi connectivity index (χ2n) is 4.87. The van der Waals surface area contributed by atoms with Crippen LogP contribution in [0.25, 0.3) is 0 Å². The van der Waals surface area contributed by atoms with Crippen molar-refractivity contribution in [1.29, 1.82) is 0 Å². The molecule has 0 aliphatic rings. The molecule has 0 saturated heterocycles. The van der Waals surface area contributed by atoms with Crippen molar-refractivity contribution in [2.45, 2.75) is 19.5 Å². The molecule has 0 saturated carbocycles. The number of hydrogen-bond acceptors (Lipinski definition) is 2. The van der Waals surface area contributed by atoms with E-state index in [0.29, 0.717) is 13.0 Å². The van der Waals surface area contributed by atoms with Crippen LogP contribution in [0.15, 0.2) is 42.5 Å². The van der Waals surface area contributed by atoms with E-state index in [2.05, 4.69) is 5.32 Å². The first-order chi connectivity index (χ1) is 9.86. The molecule has 0 aliphatic carbocycles. The van der Waals surface area contributed by atoms with Crippen LogP contribution in [0.5, 0.6) is 5.75 Å². The molecule has 2 N–H and O–H groups in total. The summed E-state index contributed by atoms with van der Waals surface area (Å²) < 4.78 is 37.3. The van der Waals surface area contributed by atoms with Gasteiger partial charge < -0.3 is 10.4 Å². The monoisotopic (exact) mass is 295 g/mol. The third-order valence-electron chi connectivity index (χ3n) is 3.22. The molecule has 0 radical (unpaired) electrons. The Balaban J connectivity index is 1.90. The van der Waals surface area contributed by atoms with Crippen molar-refractivity contribution >= 4 is 5.69 Å². The van der Waals surface area contributed by atoms with Crippen LogP contribution in [-0.4, -0.2) is 11.7 Å². The van der Waals surface area contributed by atoms with E-state index in [1.807, 2.05) is 6.07 Å². The number of hydrogen-bond donors (Lipinski definition) is 2. The molecular formula is C16H16F3NO. The van der Waals surface area contributed by atoms with Crippen LogP contribution in [0.1, 0.15) is 16.7 Å². The Bertz CT molecular complexity index is 606. The molecule has 2 aromatic rings. The third kappa shape index (κ3) is 4.15. The molecule has 2 aromatic carbocycles. The zero-order valence-electron chi connectivity index (χ0n) is 11.5. The summed E-state index contributed by atoms with van der Waals surface area (Å²) in [4.78, 5) is 0. The van der Waals surface area contributed by atoms with E-state index in [9.17, 15) is 18.3 Å². The molecule has 0 amide bonds. The molecule has 0 bridgehead atoms. The number of aromatic hydroxyl groups is 1. The van der Waals surface area contributed by atoms with Gasteiger partial charge in [0.15, 0.2) is 0 Å². The first-order valence-electron chi connectivity index (χ1n) is 6.56. The van der Waals surface area contributed by atoms with Gasteiger partial charge in [0.2, 0.25) is 0 Å². The van der Waals surface area contributed by atoms with E-state index < -0.39 is 11.7 Å². The highest BCUT2D eigenvalue weighted by Crippen LogP contribution is 2.29. The number of rotatable bonds is 4. The molecule has 0 heterocycles. The van der Waals surface area contributed by atoms with Crippen LogP contribution in [0.2, 0.25) is 0 Å². The molecule has 0 aromatic heterocycles. The van der Waals surface area contributed by atoms with Gasteiger partial charge in [-0.25, -0.2) is 0 Å². The summed E-state index contributed by atoms with van der Waals surface area (Å²) in [6, 6.07) is 10.4. The lowest BCUT2D eigenvalue weighted by atomic mass is 10.1. The average Bonchev–Trinajstić information content (AvgIpc) is 2.42. The van der Waals surface area contributed by atoms with Gasteiger partial charge in [-0.3, -0.25) is 0 Å². The highest BCUT2D eigenvalue weighted by atomic mass is 19.4. The minimum absolute atomic E-state index is 0.239. The normalized spacial score (nSPS) is 11.4. The molecule has 0 fully saturated rings. The van der Waals surface area contributed by atoms with Gasteiger partial charge in [-0.05, 0) is 54.8 Å². The minimum atomic E-state index is -4.29. The number of anilines is 1. The van der Waals surface area contributed by atoms with Crippen molar-refractivity contribution in [3.63, 3.8) is 0 Å². The zero-order chi connectivity index (χ0) is 15.5. The van der Waals surface area contributed by atoms with Crippen LogP contribution >= 0.6 is 0 Å². The number of phenols is 1. The number of nitrogens with one attached hydrogen (secondary N) is 1. The number of halogens is 3. The summed E-state index contributed by atoms with van der Waals surface area (Å²) in [7, 11) is 0. The summed E-state index contributed by atoms with van der Waals surface area (Å²) in [5.74, 6) is 0.239. The molecule has 5 heteroatoms. The first kappa shape index (κ1) is 15.2. The summed E-state index contributed by atoms with van der Waals surface area (Å²) in [6.45, 7) is 2.41. The van der Waals surface area contributed by atoms with Crippen LogP contribution < -0.4 is 5.32 Å². The molecule has 0 spiro atoms. The van der Waals surface area contributed by atoms with Gasteiger partial charge in [0.1, 0.15) is 5.75 Å². The van der Waals surface area contributed by atoms with E-state index >= 15 is 0 Å². The van der Waals surface area contributed by atoms with Crippen molar-refractivity contribution in [3.05, 3.63) is 59.2 Å². The molecule has 0 aliphatic heterocycles. The van der Waals surface area contributed by atoms with Crippen LogP contribution in [0.3, 0.4) is 0 Å². The summed E-state index contributed by atoms with van der Waals surface area (Å²) in [5, 5.41) is 12.6. The van der Waals surface area contributed by atoms with Crippen molar-refractivity contribution in [2.75, 3.05) is 11.9 Å². The second-order valence-corrected chi connectivity index (χ2v) is 4.87. The third-order valence-corrected chi connectivity index (χ3v) is 3.22. The molecule has 2 rings (SSSR count). The Kier molecular flexibility index (Phi) is 4.40. The zero-order valence-corrected chi connectivity index (χ0v) is 11.5. The largest absolute Gasteiger partial charge is 0.508 e. The van der Waals surface area contributed by atoms with Gasteiger partial charge in [-0.2, -0.15) is 13.2 Å². The lowest BCUT2D eigenvalue weighted by Crippen LogP contribution is -2.07.